The SMILES string of the molecule is CC(CNC1CCCC1CN)C(C)(C)C. The molecule has 2 heteroatoms. The number of nitrogens with one attached hydrogen (secondary N) is 1. The summed E-state index contributed by atoms with van der Waals surface area (Å²) in [6.45, 7) is 11.3. The Morgan fingerprint density at radius 1 is 1.33 bits per heavy atom. The molecule has 0 heterocycles. The Bertz CT molecular complexity index is 183. The Morgan fingerprint density at radius 3 is 2.53 bits per heavy atom. The molecular formula is C13H28N2. The number of hydrogen-bond acceptors (Lipinski definition) is 2. The topological polar surface area (TPSA) is 38.0 Å². The fraction of sp³-hybridized carbons (Fsp3) is 1.00. The van der Waals surface area contributed by atoms with Crippen LogP contribution in [0.25, 0.3) is 0 Å². The Balaban J connectivity index is 2.30. The fourth-order valence-electron chi connectivity index (χ4n) is 2.22. The van der Waals surface area contributed by atoms with Crippen molar-refractivity contribution in [3.63, 3.8) is 0 Å². The molecule has 1 aliphatic rings. The zero-order valence-corrected chi connectivity index (χ0v) is 10.8. The highest BCUT2D eigenvalue weighted by molar-refractivity contribution is 4.85. The second-order valence-electron chi connectivity index (χ2n) is 6.21. The maximum atomic E-state index is 5.78. The summed E-state index contributed by atoms with van der Waals surface area (Å²) in [5.41, 5.74) is 6.18. The van der Waals surface area contributed by atoms with E-state index in [0.717, 1.165) is 24.9 Å². The van der Waals surface area contributed by atoms with E-state index in [4.69, 9.17) is 5.73 Å². The predicted octanol–water partition coefficient (Wildman–Crippen LogP) is 2.39. The molecule has 0 amide bonds. The molecule has 0 aromatic heterocycles. The monoisotopic (exact) mass is 212 g/mol. The van der Waals surface area contributed by atoms with Crippen molar-refractivity contribution in [2.75, 3.05) is 13.1 Å². The van der Waals surface area contributed by atoms with Crippen molar-refractivity contribution in [2.45, 2.75) is 53.0 Å². The lowest BCUT2D eigenvalue weighted by Gasteiger charge is -2.30. The molecule has 0 spiro atoms. The highest BCUT2D eigenvalue weighted by atomic mass is 14.9. The molecule has 1 saturated carbocycles. The standard InChI is InChI=1S/C13H28N2/c1-10(13(2,3)4)9-15-12-7-5-6-11(12)8-14/h10-12,15H,5-9,14H2,1-4H3. The Hall–Kier alpha value is -0.0800. The van der Waals surface area contributed by atoms with Crippen LogP contribution in [0, 0.1) is 17.3 Å². The van der Waals surface area contributed by atoms with Crippen LogP contribution in [0.2, 0.25) is 0 Å². The van der Waals surface area contributed by atoms with Crippen LogP contribution < -0.4 is 11.1 Å². The Morgan fingerprint density at radius 2 is 2.00 bits per heavy atom. The Kier molecular flexibility index (Phi) is 4.60. The maximum Gasteiger partial charge on any atom is 0.0107 e. The minimum absolute atomic E-state index is 0.407. The van der Waals surface area contributed by atoms with Gasteiger partial charge < -0.3 is 11.1 Å². The lowest BCUT2D eigenvalue weighted by atomic mass is 9.82. The van der Waals surface area contributed by atoms with Gasteiger partial charge in [-0.05, 0) is 43.2 Å². The van der Waals surface area contributed by atoms with Gasteiger partial charge in [-0.2, -0.15) is 0 Å². The van der Waals surface area contributed by atoms with E-state index >= 15 is 0 Å². The van der Waals surface area contributed by atoms with Gasteiger partial charge in [0.05, 0.1) is 0 Å². The first-order valence-corrected chi connectivity index (χ1v) is 6.38. The van der Waals surface area contributed by atoms with E-state index in [1.807, 2.05) is 0 Å². The van der Waals surface area contributed by atoms with Crippen molar-refractivity contribution in [3.8, 4) is 0 Å². The van der Waals surface area contributed by atoms with E-state index in [1.54, 1.807) is 0 Å². The second-order valence-corrected chi connectivity index (χ2v) is 6.21. The van der Waals surface area contributed by atoms with Crippen molar-refractivity contribution < 1.29 is 0 Å². The summed E-state index contributed by atoms with van der Waals surface area (Å²) in [7, 11) is 0. The molecular weight excluding hydrogens is 184 g/mol. The van der Waals surface area contributed by atoms with Crippen molar-refractivity contribution in [2.24, 2.45) is 23.0 Å². The first-order valence-electron chi connectivity index (χ1n) is 6.38. The van der Waals surface area contributed by atoms with E-state index in [0.29, 0.717) is 11.5 Å². The molecule has 1 fully saturated rings. The van der Waals surface area contributed by atoms with Crippen LogP contribution in [-0.4, -0.2) is 19.1 Å². The van der Waals surface area contributed by atoms with Crippen LogP contribution in [0.5, 0.6) is 0 Å². The molecule has 0 saturated heterocycles. The van der Waals surface area contributed by atoms with Gasteiger partial charge in [0.25, 0.3) is 0 Å². The molecule has 1 rings (SSSR count). The lowest BCUT2D eigenvalue weighted by molar-refractivity contribution is 0.238. The van der Waals surface area contributed by atoms with E-state index in [9.17, 15) is 0 Å². The molecule has 15 heavy (non-hydrogen) atoms. The first-order chi connectivity index (χ1) is 6.95. The zero-order valence-electron chi connectivity index (χ0n) is 10.8. The summed E-state index contributed by atoms with van der Waals surface area (Å²) in [5.74, 6) is 1.44. The smallest absolute Gasteiger partial charge is 0.0107 e. The third-order valence-corrected chi connectivity index (χ3v) is 4.13. The second kappa shape index (κ2) is 5.31. The summed E-state index contributed by atoms with van der Waals surface area (Å²) >= 11 is 0. The molecule has 1 aliphatic carbocycles. The van der Waals surface area contributed by atoms with Crippen LogP contribution in [0.1, 0.15) is 47.0 Å². The molecule has 90 valence electrons. The summed E-state index contributed by atoms with van der Waals surface area (Å²) < 4.78 is 0. The van der Waals surface area contributed by atoms with Gasteiger partial charge in [-0.25, -0.2) is 0 Å². The molecule has 0 aromatic rings. The predicted molar refractivity (Wildman–Crippen MR) is 66.8 cm³/mol. The first kappa shape index (κ1) is 13.0. The highest BCUT2D eigenvalue weighted by Crippen LogP contribution is 2.27. The fourth-order valence-corrected chi connectivity index (χ4v) is 2.22. The quantitative estimate of drug-likeness (QED) is 0.751. The highest BCUT2D eigenvalue weighted by Gasteiger charge is 2.27. The summed E-state index contributed by atoms with van der Waals surface area (Å²) in [6.07, 6.45) is 3.99. The van der Waals surface area contributed by atoms with Gasteiger partial charge in [-0.15, -0.1) is 0 Å². The lowest BCUT2D eigenvalue weighted by Crippen LogP contribution is -2.40. The van der Waals surface area contributed by atoms with Crippen LogP contribution in [0.15, 0.2) is 0 Å². The van der Waals surface area contributed by atoms with Gasteiger partial charge in [-0.3, -0.25) is 0 Å². The minimum atomic E-state index is 0.407. The van der Waals surface area contributed by atoms with E-state index in [2.05, 4.69) is 33.0 Å². The van der Waals surface area contributed by atoms with Gasteiger partial charge >= 0.3 is 0 Å². The molecule has 0 bridgehead atoms. The molecule has 3 N–H and O–H groups in total. The van der Waals surface area contributed by atoms with Gasteiger partial charge in [-0.1, -0.05) is 34.1 Å². The molecule has 0 aromatic carbocycles. The van der Waals surface area contributed by atoms with E-state index in [1.165, 1.54) is 19.3 Å². The van der Waals surface area contributed by atoms with Gasteiger partial charge in [0.2, 0.25) is 0 Å². The average Bonchev–Trinajstić information content (AvgIpc) is 2.59. The van der Waals surface area contributed by atoms with Gasteiger partial charge in [0.1, 0.15) is 0 Å². The zero-order chi connectivity index (χ0) is 11.5. The molecule has 0 aliphatic heterocycles. The minimum Gasteiger partial charge on any atom is -0.330 e. The normalized spacial score (nSPS) is 29.4. The van der Waals surface area contributed by atoms with Crippen LogP contribution in [0.3, 0.4) is 0 Å². The average molecular weight is 212 g/mol. The van der Waals surface area contributed by atoms with Crippen LogP contribution >= 0.6 is 0 Å². The van der Waals surface area contributed by atoms with Crippen LogP contribution in [-0.2, 0) is 0 Å². The summed E-state index contributed by atoms with van der Waals surface area (Å²) in [5, 5.41) is 3.71. The number of hydrogen-bond donors (Lipinski definition) is 2. The number of nitrogens with two attached hydrogens (primary N) is 1. The van der Waals surface area contributed by atoms with Gasteiger partial charge in [0, 0.05) is 6.04 Å². The number of rotatable bonds is 4. The van der Waals surface area contributed by atoms with Crippen molar-refractivity contribution in [3.05, 3.63) is 0 Å². The molecule has 3 unspecified atom stereocenters. The third kappa shape index (κ3) is 3.76. The van der Waals surface area contributed by atoms with Crippen LogP contribution in [0.4, 0.5) is 0 Å². The summed E-state index contributed by atoms with van der Waals surface area (Å²) in [6, 6.07) is 0.680. The summed E-state index contributed by atoms with van der Waals surface area (Å²) in [4.78, 5) is 0. The Labute approximate surface area is 95.0 Å². The van der Waals surface area contributed by atoms with Crippen molar-refractivity contribution in [1.82, 2.24) is 5.32 Å². The molecule has 0 radical (unpaired) electrons. The molecule has 2 nitrogen and oxygen atoms in total. The largest absolute Gasteiger partial charge is 0.330 e. The van der Waals surface area contributed by atoms with Gasteiger partial charge in [0.15, 0.2) is 0 Å². The van der Waals surface area contributed by atoms with E-state index < -0.39 is 0 Å². The van der Waals surface area contributed by atoms with Crippen molar-refractivity contribution in [1.29, 1.82) is 0 Å². The van der Waals surface area contributed by atoms with Crippen molar-refractivity contribution >= 4 is 0 Å². The van der Waals surface area contributed by atoms with E-state index in [-0.39, 0.29) is 0 Å². The third-order valence-electron chi connectivity index (χ3n) is 4.13. The maximum absolute atomic E-state index is 5.78. The molecule has 3 atom stereocenters.